The summed E-state index contributed by atoms with van der Waals surface area (Å²) in [6.45, 7) is 0. The summed E-state index contributed by atoms with van der Waals surface area (Å²) in [6.07, 6.45) is 1.62. The Kier molecular flexibility index (Phi) is 3.19. The van der Waals surface area contributed by atoms with Crippen LogP contribution in [0.25, 0.3) is 22.0 Å². The maximum atomic E-state index is 5.82. The molecule has 2 aromatic heterocycles. The SMILES string of the molecule is Nc1cccc(-c2csc(-c3ccc(Cl)cn3)n2)c1. The molecule has 0 unspecified atom stereocenters. The number of halogens is 1. The van der Waals surface area contributed by atoms with Gasteiger partial charge in [0.05, 0.1) is 16.4 Å². The summed E-state index contributed by atoms with van der Waals surface area (Å²) in [6, 6.07) is 11.4. The van der Waals surface area contributed by atoms with Gasteiger partial charge < -0.3 is 5.73 Å². The zero-order valence-electron chi connectivity index (χ0n) is 9.88. The van der Waals surface area contributed by atoms with Crippen LogP contribution in [0, 0.1) is 0 Å². The van der Waals surface area contributed by atoms with E-state index < -0.39 is 0 Å². The number of pyridine rings is 1. The Balaban J connectivity index is 1.97. The smallest absolute Gasteiger partial charge is 0.142 e. The number of anilines is 1. The Bertz CT molecular complexity index is 707. The van der Waals surface area contributed by atoms with Crippen LogP contribution in [0.2, 0.25) is 5.02 Å². The molecule has 5 heteroatoms. The highest BCUT2D eigenvalue weighted by atomic mass is 35.5. The van der Waals surface area contributed by atoms with Gasteiger partial charge >= 0.3 is 0 Å². The lowest BCUT2D eigenvalue weighted by Crippen LogP contribution is -1.86. The van der Waals surface area contributed by atoms with Crippen molar-refractivity contribution in [3.8, 4) is 22.0 Å². The Labute approximate surface area is 119 Å². The largest absolute Gasteiger partial charge is 0.399 e. The molecule has 19 heavy (non-hydrogen) atoms. The summed E-state index contributed by atoms with van der Waals surface area (Å²) >= 11 is 7.38. The van der Waals surface area contributed by atoms with Crippen molar-refractivity contribution >= 4 is 28.6 Å². The molecule has 0 fully saturated rings. The van der Waals surface area contributed by atoms with Crippen LogP contribution in [0.15, 0.2) is 48.0 Å². The quantitative estimate of drug-likeness (QED) is 0.722. The van der Waals surface area contributed by atoms with E-state index >= 15 is 0 Å². The molecule has 3 nitrogen and oxygen atoms in total. The first-order valence-electron chi connectivity index (χ1n) is 5.66. The summed E-state index contributed by atoms with van der Waals surface area (Å²) in [7, 11) is 0. The predicted molar refractivity (Wildman–Crippen MR) is 80.2 cm³/mol. The van der Waals surface area contributed by atoms with Crippen molar-refractivity contribution in [2.75, 3.05) is 5.73 Å². The molecule has 0 saturated heterocycles. The van der Waals surface area contributed by atoms with Crippen LogP contribution >= 0.6 is 22.9 Å². The molecule has 2 N–H and O–H groups in total. The molecule has 0 aliphatic heterocycles. The van der Waals surface area contributed by atoms with Gasteiger partial charge in [-0.25, -0.2) is 4.98 Å². The maximum absolute atomic E-state index is 5.82. The molecule has 3 aromatic rings. The van der Waals surface area contributed by atoms with Crippen molar-refractivity contribution in [1.29, 1.82) is 0 Å². The van der Waals surface area contributed by atoms with E-state index in [9.17, 15) is 0 Å². The summed E-state index contributed by atoms with van der Waals surface area (Å²) < 4.78 is 0. The van der Waals surface area contributed by atoms with Crippen molar-refractivity contribution in [3.63, 3.8) is 0 Å². The molecular formula is C14H10ClN3S. The topological polar surface area (TPSA) is 51.8 Å². The van der Waals surface area contributed by atoms with Gasteiger partial charge in [-0.05, 0) is 24.3 Å². The molecule has 0 saturated carbocycles. The second kappa shape index (κ2) is 4.99. The third kappa shape index (κ3) is 2.59. The molecule has 0 amide bonds. The molecule has 0 aliphatic rings. The van der Waals surface area contributed by atoms with Crippen LogP contribution in [-0.2, 0) is 0 Å². The molecule has 0 aliphatic carbocycles. The molecule has 2 heterocycles. The van der Waals surface area contributed by atoms with Gasteiger partial charge in [-0.15, -0.1) is 11.3 Å². The third-order valence-electron chi connectivity index (χ3n) is 2.63. The average molecular weight is 288 g/mol. The summed E-state index contributed by atoms with van der Waals surface area (Å²) in [5, 5.41) is 3.49. The fourth-order valence-corrected chi connectivity index (χ4v) is 2.64. The Hall–Kier alpha value is -1.91. The lowest BCUT2D eigenvalue weighted by molar-refractivity contribution is 1.29. The van der Waals surface area contributed by atoms with Crippen LogP contribution in [0.1, 0.15) is 0 Å². The highest BCUT2D eigenvalue weighted by Crippen LogP contribution is 2.28. The first kappa shape index (κ1) is 12.1. The summed E-state index contributed by atoms with van der Waals surface area (Å²) in [5.41, 5.74) is 9.25. The van der Waals surface area contributed by atoms with E-state index in [1.807, 2.05) is 41.8 Å². The van der Waals surface area contributed by atoms with E-state index in [1.54, 1.807) is 17.5 Å². The molecular weight excluding hydrogens is 278 g/mol. The Morgan fingerprint density at radius 2 is 2.00 bits per heavy atom. The fraction of sp³-hybridized carbons (Fsp3) is 0. The monoisotopic (exact) mass is 287 g/mol. The van der Waals surface area contributed by atoms with E-state index in [-0.39, 0.29) is 0 Å². The zero-order valence-corrected chi connectivity index (χ0v) is 11.4. The highest BCUT2D eigenvalue weighted by Gasteiger charge is 2.07. The van der Waals surface area contributed by atoms with Crippen molar-refractivity contribution in [1.82, 2.24) is 9.97 Å². The minimum atomic E-state index is 0.622. The Morgan fingerprint density at radius 1 is 1.11 bits per heavy atom. The van der Waals surface area contributed by atoms with Crippen LogP contribution in [0.4, 0.5) is 5.69 Å². The van der Waals surface area contributed by atoms with Crippen LogP contribution in [0.3, 0.4) is 0 Å². The van der Waals surface area contributed by atoms with Gasteiger partial charge in [0.15, 0.2) is 0 Å². The number of rotatable bonds is 2. The van der Waals surface area contributed by atoms with Crippen molar-refractivity contribution in [3.05, 3.63) is 53.0 Å². The first-order valence-corrected chi connectivity index (χ1v) is 6.91. The van der Waals surface area contributed by atoms with E-state index in [0.29, 0.717) is 5.02 Å². The summed E-state index contributed by atoms with van der Waals surface area (Å²) in [5.74, 6) is 0. The third-order valence-corrected chi connectivity index (χ3v) is 3.72. The van der Waals surface area contributed by atoms with Crippen molar-refractivity contribution < 1.29 is 0 Å². The number of nitrogen functional groups attached to an aromatic ring is 1. The van der Waals surface area contributed by atoms with E-state index in [4.69, 9.17) is 17.3 Å². The molecule has 0 radical (unpaired) electrons. The number of nitrogens with zero attached hydrogens (tertiary/aromatic N) is 2. The lowest BCUT2D eigenvalue weighted by atomic mass is 10.1. The minimum Gasteiger partial charge on any atom is -0.399 e. The lowest BCUT2D eigenvalue weighted by Gasteiger charge is -1.98. The van der Waals surface area contributed by atoms with Gasteiger partial charge in [0.25, 0.3) is 0 Å². The summed E-state index contributed by atoms with van der Waals surface area (Å²) in [4.78, 5) is 8.84. The molecule has 94 valence electrons. The Morgan fingerprint density at radius 3 is 2.74 bits per heavy atom. The number of hydrogen-bond donors (Lipinski definition) is 1. The minimum absolute atomic E-state index is 0.622. The van der Waals surface area contributed by atoms with Gasteiger partial charge in [0.1, 0.15) is 5.01 Å². The molecule has 3 rings (SSSR count). The van der Waals surface area contributed by atoms with E-state index in [1.165, 1.54) is 0 Å². The van der Waals surface area contributed by atoms with Gasteiger partial charge in [0.2, 0.25) is 0 Å². The van der Waals surface area contributed by atoms with Crippen molar-refractivity contribution in [2.24, 2.45) is 0 Å². The number of aromatic nitrogens is 2. The maximum Gasteiger partial charge on any atom is 0.142 e. The van der Waals surface area contributed by atoms with Crippen LogP contribution < -0.4 is 5.73 Å². The van der Waals surface area contributed by atoms with Gasteiger partial charge in [-0.2, -0.15) is 0 Å². The van der Waals surface area contributed by atoms with E-state index in [0.717, 1.165) is 27.6 Å². The molecule has 0 atom stereocenters. The zero-order chi connectivity index (χ0) is 13.2. The van der Waals surface area contributed by atoms with Crippen molar-refractivity contribution in [2.45, 2.75) is 0 Å². The first-order chi connectivity index (χ1) is 9.22. The molecule has 0 spiro atoms. The fourth-order valence-electron chi connectivity index (χ4n) is 1.72. The standard InChI is InChI=1S/C14H10ClN3S/c15-10-4-5-12(17-7-10)14-18-13(8-19-14)9-2-1-3-11(16)6-9/h1-8H,16H2. The van der Waals surface area contributed by atoms with Crippen LogP contribution in [-0.4, -0.2) is 9.97 Å². The second-order valence-corrected chi connectivity index (χ2v) is 5.32. The van der Waals surface area contributed by atoms with E-state index in [2.05, 4.69) is 9.97 Å². The average Bonchev–Trinajstić information content (AvgIpc) is 2.89. The number of nitrogens with two attached hydrogens (primary N) is 1. The van der Waals surface area contributed by atoms with Gasteiger partial charge in [-0.3, -0.25) is 4.98 Å². The van der Waals surface area contributed by atoms with Crippen LogP contribution in [0.5, 0.6) is 0 Å². The molecule has 0 bridgehead atoms. The molecule has 1 aromatic carbocycles. The highest BCUT2D eigenvalue weighted by molar-refractivity contribution is 7.13. The number of hydrogen-bond acceptors (Lipinski definition) is 4. The van der Waals surface area contributed by atoms with Gasteiger partial charge in [-0.1, -0.05) is 23.7 Å². The predicted octanol–water partition coefficient (Wildman–Crippen LogP) is 4.11. The normalized spacial score (nSPS) is 10.6. The number of thiazole rings is 1. The number of benzene rings is 1. The second-order valence-electron chi connectivity index (χ2n) is 4.03. The van der Waals surface area contributed by atoms with Gasteiger partial charge in [0, 0.05) is 22.8 Å².